The van der Waals surface area contributed by atoms with E-state index in [1.54, 1.807) is 19.4 Å². The maximum atomic E-state index is 13.1. The molecule has 23 heavy (non-hydrogen) atoms. The fourth-order valence-electron chi connectivity index (χ4n) is 2.84. The summed E-state index contributed by atoms with van der Waals surface area (Å²) in [6.07, 6.45) is 1.14. The van der Waals surface area contributed by atoms with Crippen molar-refractivity contribution in [2.45, 2.75) is 36.8 Å². The van der Waals surface area contributed by atoms with Crippen molar-refractivity contribution < 1.29 is 22.7 Å². The Bertz CT molecular complexity index is 671. The van der Waals surface area contributed by atoms with Gasteiger partial charge in [-0.25, -0.2) is 13.2 Å². The van der Waals surface area contributed by atoms with Crippen molar-refractivity contribution in [3.63, 3.8) is 0 Å². The zero-order valence-electron chi connectivity index (χ0n) is 13.4. The topological polar surface area (TPSA) is 98.9 Å². The van der Waals surface area contributed by atoms with Crippen LogP contribution in [0.3, 0.4) is 0 Å². The highest BCUT2D eigenvalue weighted by molar-refractivity contribution is 7.89. The van der Waals surface area contributed by atoms with Gasteiger partial charge in [0.1, 0.15) is 9.77 Å². The van der Waals surface area contributed by atoms with Gasteiger partial charge < -0.3 is 15.2 Å². The van der Waals surface area contributed by atoms with E-state index in [-0.39, 0.29) is 28.5 Å². The van der Waals surface area contributed by atoms with Gasteiger partial charge >= 0.3 is 5.97 Å². The highest BCUT2D eigenvalue weighted by Crippen LogP contribution is 2.33. The molecule has 0 saturated carbocycles. The first-order chi connectivity index (χ1) is 10.9. The number of nitrogens with zero attached hydrogens (tertiary/aromatic N) is 1. The number of carbonyl (C=O) groups excluding carboxylic acids is 1. The highest BCUT2D eigenvalue weighted by Gasteiger charge is 2.39. The molecular formula is C14H22N2O5S2. The van der Waals surface area contributed by atoms with E-state index in [1.165, 1.54) is 11.4 Å². The molecule has 2 atom stereocenters. The predicted octanol–water partition coefficient (Wildman–Crippen LogP) is 0.970. The number of nitrogens with two attached hydrogens (primary N) is 1. The molecule has 1 aliphatic rings. The standard InChI is InChI=1S/C14H22N2O5S2/c1-9-8-22-12(14(17)21-3)13(9)23(18,19)16-5-4-11(20-2)6-10(16)7-15/h8,10-11H,4-7,15H2,1-3H3. The molecule has 9 heteroatoms. The van der Waals surface area contributed by atoms with Gasteiger partial charge in [-0.1, -0.05) is 0 Å². The van der Waals surface area contributed by atoms with E-state index in [2.05, 4.69) is 0 Å². The first-order valence-corrected chi connectivity index (χ1v) is 9.59. The van der Waals surface area contributed by atoms with Crippen LogP contribution in [0.15, 0.2) is 10.3 Å². The van der Waals surface area contributed by atoms with Crippen LogP contribution in [0, 0.1) is 6.92 Å². The van der Waals surface area contributed by atoms with Gasteiger partial charge in [-0.2, -0.15) is 4.31 Å². The molecule has 1 aromatic heterocycles. The lowest BCUT2D eigenvalue weighted by atomic mass is 10.0. The summed E-state index contributed by atoms with van der Waals surface area (Å²) in [5.74, 6) is -0.641. The van der Waals surface area contributed by atoms with E-state index in [4.69, 9.17) is 15.2 Å². The Balaban J connectivity index is 2.42. The summed E-state index contributed by atoms with van der Waals surface area (Å²) in [6, 6.07) is -0.344. The molecule has 0 bridgehead atoms. The van der Waals surface area contributed by atoms with Crippen molar-refractivity contribution in [2.75, 3.05) is 27.3 Å². The van der Waals surface area contributed by atoms with Gasteiger partial charge in [0.05, 0.1) is 13.2 Å². The van der Waals surface area contributed by atoms with Gasteiger partial charge in [0, 0.05) is 26.2 Å². The largest absolute Gasteiger partial charge is 0.465 e. The quantitative estimate of drug-likeness (QED) is 0.784. The molecule has 1 fully saturated rings. The molecule has 0 aliphatic carbocycles. The van der Waals surface area contributed by atoms with Crippen molar-refractivity contribution in [1.29, 1.82) is 0 Å². The molecule has 0 spiro atoms. The van der Waals surface area contributed by atoms with Gasteiger partial charge in [-0.05, 0) is 30.7 Å². The number of thiophene rings is 1. The Morgan fingerprint density at radius 2 is 2.17 bits per heavy atom. The van der Waals surface area contributed by atoms with E-state index in [9.17, 15) is 13.2 Å². The number of methoxy groups -OCH3 is 2. The fourth-order valence-corrected chi connectivity index (χ4v) is 6.17. The second-order valence-corrected chi connectivity index (χ2v) is 8.16. The number of ether oxygens (including phenoxy) is 2. The summed E-state index contributed by atoms with van der Waals surface area (Å²) in [6.45, 7) is 2.20. The maximum absolute atomic E-state index is 13.1. The minimum atomic E-state index is -3.82. The zero-order valence-corrected chi connectivity index (χ0v) is 15.1. The predicted molar refractivity (Wildman–Crippen MR) is 87.2 cm³/mol. The number of rotatable bonds is 5. The normalized spacial score (nSPS) is 23.0. The Morgan fingerprint density at radius 1 is 1.48 bits per heavy atom. The minimum Gasteiger partial charge on any atom is -0.465 e. The molecule has 130 valence electrons. The molecule has 2 unspecified atom stereocenters. The van der Waals surface area contributed by atoms with E-state index >= 15 is 0 Å². The molecule has 2 N–H and O–H groups in total. The van der Waals surface area contributed by atoms with Crippen LogP contribution in [0.4, 0.5) is 0 Å². The molecule has 1 aliphatic heterocycles. The summed E-state index contributed by atoms with van der Waals surface area (Å²) < 4.78 is 37.6. The molecule has 0 radical (unpaired) electrons. The average molecular weight is 362 g/mol. The van der Waals surface area contributed by atoms with Crippen LogP contribution < -0.4 is 5.73 Å². The summed E-state index contributed by atoms with van der Waals surface area (Å²) in [7, 11) is -0.972. The van der Waals surface area contributed by atoms with Crippen LogP contribution in [-0.2, 0) is 19.5 Å². The summed E-state index contributed by atoms with van der Waals surface area (Å²) in [5.41, 5.74) is 6.31. The summed E-state index contributed by atoms with van der Waals surface area (Å²) in [5, 5.41) is 1.65. The highest BCUT2D eigenvalue weighted by atomic mass is 32.2. The van der Waals surface area contributed by atoms with Gasteiger partial charge in [0.2, 0.25) is 10.0 Å². The fraction of sp³-hybridized carbons (Fsp3) is 0.643. The number of carbonyl (C=O) groups is 1. The van der Waals surface area contributed by atoms with Crippen LogP contribution in [-0.4, -0.2) is 58.1 Å². The lowest BCUT2D eigenvalue weighted by Crippen LogP contribution is -2.51. The van der Waals surface area contributed by atoms with Crippen molar-refractivity contribution in [3.05, 3.63) is 15.8 Å². The first kappa shape index (κ1) is 18.3. The van der Waals surface area contributed by atoms with Crippen LogP contribution >= 0.6 is 11.3 Å². The smallest absolute Gasteiger partial charge is 0.349 e. The van der Waals surface area contributed by atoms with Crippen LogP contribution in [0.2, 0.25) is 0 Å². The maximum Gasteiger partial charge on any atom is 0.349 e. The third kappa shape index (κ3) is 3.43. The summed E-state index contributed by atoms with van der Waals surface area (Å²) in [4.78, 5) is 12.0. The van der Waals surface area contributed by atoms with E-state index < -0.39 is 16.0 Å². The van der Waals surface area contributed by atoms with Crippen molar-refractivity contribution in [2.24, 2.45) is 5.73 Å². The average Bonchev–Trinajstić information content (AvgIpc) is 2.95. The van der Waals surface area contributed by atoms with Crippen molar-refractivity contribution in [3.8, 4) is 0 Å². The number of hydrogen-bond donors (Lipinski definition) is 1. The van der Waals surface area contributed by atoms with Gasteiger partial charge in [0.15, 0.2) is 0 Å². The third-order valence-electron chi connectivity index (χ3n) is 4.07. The number of hydrogen-bond acceptors (Lipinski definition) is 7. The van der Waals surface area contributed by atoms with E-state index in [0.29, 0.717) is 24.9 Å². The molecule has 0 amide bonds. The second kappa shape index (κ2) is 7.27. The van der Waals surface area contributed by atoms with Crippen molar-refractivity contribution in [1.82, 2.24) is 4.31 Å². The Hall–Kier alpha value is -1.00. The third-order valence-corrected chi connectivity index (χ3v) is 7.42. The van der Waals surface area contributed by atoms with E-state index in [0.717, 1.165) is 11.3 Å². The van der Waals surface area contributed by atoms with Gasteiger partial charge in [-0.15, -0.1) is 11.3 Å². The number of sulfonamides is 1. The number of piperidine rings is 1. The Kier molecular flexibility index (Phi) is 5.79. The molecule has 2 rings (SSSR count). The molecule has 0 aromatic carbocycles. The van der Waals surface area contributed by atoms with Crippen LogP contribution in [0.25, 0.3) is 0 Å². The number of aryl methyl sites for hydroxylation is 1. The molecule has 2 heterocycles. The van der Waals surface area contributed by atoms with Gasteiger partial charge in [-0.3, -0.25) is 0 Å². The van der Waals surface area contributed by atoms with E-state index in [1.807, 2.05) is 0 Å². The second-order valence-electron chi connectivity index (χ2n) is 5.46. The molecular weight excluding hydrogens is 340 g/mol. The monoisotopic (exact) mass is 362 g/mol. The van der Waals surface area contributed by atoms with Crippen LogP contribution in [0.1, 0.15) is 28.1 Å². The molecule has 1 aromatic rings. The van der Waals surface area contributed by atoms with Gasteiger partial charge in [0.25, 0.3) is 0 Å². The zero-order chi connectivity index (χ0) is 17.2. The minimum absolute atomic E-state index is 0.00125. The SMILES string of the molecule is COC(=O)c1scc(C)c1S(=O)(=O)N1CCC(OC)CC1CN. The molecule has 1 saturated heterocycles. The number of esters is 1. The first-order valence-electron chi connectivity index (χ1n) is 7.27. The van der Waals surface area contributed by atoms with Crippen LogP contribution in [0.5, 0.6) is 0 Å². The lowest BCUT2D eigenvalue weighted by molar-refractivity contribution is 0.0400. The Morgan fingerprint density at radius 3 is 2.74 bits per heavy atom. The Labute approximate surface area is 140 Å². The summed E-state index contributed by atoms with van der Waals surface area (Å²) >= 11 is 1.08. The molecule has 7 nitrogen and oxygen atoms in total. The lowest BCUT2D eigenvalue weighted by Gasteiger charge is -2.37. The van der Waals surface area contributed by atoms with Crippen molar-refractivity contribution >= 4 is 27.3 Å².